The second-order valence-electron chi connectivity index (χ2n) is 20.6. The molecule has 5 nitrogen and oxygen atoms in total. The third-order valence-corrected chi connectivity index (χ3v) is 14.2. The summed E-state index contributed by atoms with van der Waals surface area (Å²) in [7, 11) is 0. The molecule has 0 bridgehead atoms. The summed E-state index contributed by atoms with van der Waals surface area (Å²) in [5, 5.41) is 11.9. The molecule has 5 aromatic carbocycles. The van der Waals surface area contributed by atoms with E-state index in [0.717, 1.165) is 78.3 Å². The molecule has 8 aromatic rings. The Kier molecular flexibility index (Phi) is 10.2. The molecule has 4 heterocycles. The highest BCUT2D eigenvalue weighted by molar-refractivity contribution is 7.19. The Morgan fingerprint density at radius 3 is 2.10 bits per heavy atom. The van der Waals surface area contributed by atoms with Crippen LogP contribution in [0, 0.1) is 26.2 Å². The second-order valence-corrected chi connectivity index (χ2v) is 21.7. The molecule has 0 amide bonds. The lowest BCUT2D eigenvalue weighted by Gasteiger charge is -2.31. The van der Waals surface area contributed by atoms with Crippen LogP contribution in [-0.2, 0) is 11.8 Å². The molecule has 0 saturated heterocycles. The largest absolute Gasteiger partial charge is 0.507 e. The Labute approximate surface area is 372 Å². The van der Waals surface area contributed by atoms with Gasteiger partial charge in [0.15, 0.2) is 0 Å². The van der Waals surface area contributed by atoms with Crippen LogP contribution in [0.4, 0.5) is 0 Å². The average Bonchev–Trinajstić information content (AvgIpc) is 3.76. The SMILES string of the molecule is Cc1cc(C)c(O)c(-c2nc3c(-c4cc(-c5ncnc6c(C)c(CC(C)(C)C)sc56)cc(C(C)(C)C)c4)ccc4c3n2-c2ccccc2B4c2c(C(C)C)cccc2C(C)C)c1. The maximum Gasteiger partial charge on any atom is 0.247 e. The summed E-state index contributed by atoms with van der Waals surface area (Å²) in [6.45, 7) is 29.3. The van der Waals surface area contributed by atoms with Gasteiger partial charge in [0.25, 0.3) is 0 Å². The van der Waals surface area contributed by atoms with Crippen LogP contribution in [0.25, 0.3) is 60.7 Å². The first-order valence-electron chi connectivity index (χ1n) is 22.3. The van der Waals surface area contributed by atoms with Gasteiger partial charge in [-0.05, 0) is 124 Å². The zero-order valence-electron chi connectivity index (χ0n) is 38.7. The zero-order chi connectivity index (χ0) is 44.2. The van der Waals surface area contributed by atoms with Gasteiger partial charge in [0, 0.05) is 21.7 Å². The van der Waals surface area contributed by atoms with E-state index < -0.39 is 0 Å². The molecule has 0 saturated carbocycles. The van der Waals surface area contributed by atoms with Crippen molar-refractivity contribution in [1.82, 2.24) is 19.5 Å². The number of aromatic nitrogens is 4. The summed E-state index contributed by atoms with van der Waals surface area (Å²) >= 11 is 1.84. The van der Waals surface area contributed by atoms with Gasteiger partial charge in [-0.25, -0.2) is 15.0 Å². The smallest absolute Gasteiger partial charge is 0.247 e. The molecule has 314 valence electrons. The summed E-state index contributed by atoms with van der Waals surface area (Å²) in [5.74, 6) is 1.68. The lowest BCUT2D eigenvalue weighted by atomic mass is 9.33. The number of para-hydroxylation sites is 1. The number of fused-ring (bicyclic) bond motifs is 3. The maximum absolute atomic E-state index is 11.9. The topological polar surface area (TPSA) is 63.8 Å². The molecule has 1 N–H and O–H groups in total. The molecule has 1 aliphatic rings. The average molecular weight is 835 g/mol. The van der Waals surface area contributed by atoms with Crippen LogP contribution in [0.2, 0.25) is 0 Å². The predicted molar refractivity (Wildman–Crippen MR) is 265 cm³/mol. The number of aromatic hydroxyl groups is 1. The lowest BCUT2D eigenvalue weighted by Crippen LogP contribution is -2.58. The highest BCUT2D eigenvalue weighted by atomic mass is 32.1. The van der Waals surface area contributed by atoms with Crippen LogP contribution in [0.5, 0.6) is 5.75 Å². The molecule has 7 heteroatoms. The first kappa shape index (κ1) is 41.8. The van der Waals surface area contributed by atoms with Crippen molar-refractivity contribution in [2.75, 3.05) is 0 Å². The molecule has 0 unspecified atom stereocenters. The number of rotatable bonds is 7. The quantitative estimate of drug-likeness (QED) is 0.162. The van der Waals surface area contributed by atoms with E-state index in [2.05, 4.69) is 167 Å². The molecule has 0 fully saturated rings. The Balaban J connectivity index is 1.38. The van der Waals surface area contributed by atoms with Crippen molar-refractivity contribution in [2.24, 2.45) is 5.41 Å². The predicted octanol–water partition coefficient (Wildman–Crippen LogP) is 12.6. The molecule has 62 heavy (non-hydrogen) atoms. The van der Waals surface area contributed by atoms with E-state index in [-0.39, 0.29) is 23.3 Å². The lowest BCUT2D eigenvalue weighted by molar-refractivity contribution is 0.414. The zero-order valence-corrected chi connectivity index (χ0v) is 39.6. The summed E-state index contributed by atoms with van der Waals surface area (Å²) in [6.07, 6.45) is 2.73. The van der Waals surface area contributed by atoms with Crippen molar-refractivity contribution in [1.29, 1.82) is 0 Å². The van der Waals surface area contributed by atoms with Crippen LogP contribution < -0.4 is 16.4 Å². The van der Waals surface area contributed by atoms with Gasteiger partial charge in [0.05, 0.1) is 32.5 Å². The van der Waals surface area contributed by atoms with Crippen molar-refractivity contribution in [2.45, 2.75) is 114 Å². The van der Waals surface area contributed by atoms with Crippen molar-refractivity contribution >= 4 is 55.7 Å². The Hall–Kier alpha value is -5.53. The number of phenolic OH excluding ortho intramolecular Hbond substituents is 1. The third-order valence-electron chi connectivity index (χ3n) is 12.9. The van der Waals surface area contributed by atoms with Gasteiger partial charge in [0.2, 0.25) is 6.71 Å². The van der Waals surface area contributed by atoms with Gasteiger partial charge < -0.3 is 5.11 Å². The number of aryl methyl sites for hydroxylation is 3. The van der Waals surface area contributed by atoms with E-state index >= 15 is 0 Å². The van der Waals surface area contributed by atoms with Crippen LogP contribution in [-0.4, -0.2) is 31.3 Å². The van der Waals surface area contributed by atoms with Crippen LogP contribution >= 0.6 is 11.3 Å². The van der Waals surface area contributed by atoms with Crippen LogP contribution in [0.1, 0.15) is 119 Å². The Morgan fingerprint density at radius 2 is 1.42 bits per heavy atom. The minimum absolute atomic E-state index is 0.0150. The van der Waals surface area contributed by atoms with E-state index in [1.807, 2.05) is 24.3 Å². The van der Waals surface area contributed by atoms with Gasteiger partial charge in [-0.3, -0.25) is 4.57 Å². The standard InChI is InChI=1S/C55H59BN4OS/c1-30(2)38-17-16-18-39(31(3)4)46(38)56-42-19-14-15-20-44(42)60-50-43(56)22-21-40(49(50)59-53(60)41-24-32(5)23-33(6)51(41)61)35-25-36(27-37(26-35)55(11,12)13)48-52-47(57-29-58-48)34(7)45(62-52)28-54(8,9)10/h14-27,29-31,61H,28H2,1-13H3. The minimum atomic E-state index is -0.141. The van der Waals surface area contributed by atoms with Gasteiger partial charge in [-0.15, -0.1) is 11.3 Å². The molecular formula is C55H59BN4OS. The second kappa shape index (κ2) is 15.1. The molecule has 1 aliphatic heterocycles. The van der Waals surface area contributed by atoms with Gasteiger partial charge in [-0.1, -0.05) is 135 Å². The molecule has 0 radical (unpaired) electrons. The van der Waals surface area contributed by atoms with Crippen molar-refractivity contribution in [3.8, 4) is 45.2 Å². The molecular weight excluding hydrogens is 776 g/mol. The highest BCUT2D eigenvalue weighted by Gasteiger charge is 2.38. The number of hydrogen-bond donors (Lipinski definition) is 1. The summed E-state index contributed by atoms with van der Waals surface area (Å²) in [4.78, 5) is 16.9. The Bertz CT molecular complexity index is 3060. The van der Waals surface area contributed by atoms with Crippen LogP contribution in [0.15, 0.2) is 91.3 Å². The monoisotopic (exact) mass is 834 g/mol. The number of nitrogens with zero attached hydrogens (tertiary/aromatic N) is 4. The number of thiophene rings is 1. The van der Waals surface area contributed by atoms with Crippen LogP contribution in [0.3, 0.4) is 0 Å². The van der Waals surface area contributed by atoms with E-state index in [9.17, 15) is 5.11 Å². The van der Waals surface area contributed by atoms with Gasteiger partial charge in [0.1, 0.15) is 17.9 Å². The number of imidazole rings is 1. The third kappa shape index (κ3) is 6.97. The van der Waals surface area contributed by atoms with Gasteiger partial charge >= 0.3 is 0 Å². The molecule has 0 aliphatic carbocycles. The summed E-state index contributed by atoms with van der Waals surface area (Å²) in [5.41, 5.74) is 20.1. The first-order chi connectivity index (χ1) is 29.3. The Morgan fingerprint density at radius 1 is 0.726 bits per heavy atom. The maximum atomic E-state index is 11.9. The fourth-order valence-electron chi connectivity index (χ4n) is 9.85. The van der Waals surface area contributed by atoms with E-state index in [4.69, 9.17) is 15.0 Å². The normalized spacial score (nSPS) is 13.0. The molecule has 0 spiro atoms. The molecule has 0 atom stereocenters. The van der Waals surface area contributed by atoms with Crippen molar-refractivity contribution in [3.63, 3.8) is 0 Å². The molecule has 9 rings (SSSR count). The fourth-order valence-corrected chi connectivity index (χ4v) is 11.4. The van der Waals surface area contributed by atoms with E-state index in [0.29, 0.717) is 11.8 Å². The number of hydrogen-bond acceptors (Lipinski definition) is 5. The minimum Gasteiger partial charge on any atom is -0.507 e. The fraction of sp³-hybridized carbons (Fsp3) is 0.327. The summed E-state index contributed by atoms with van der Waals surface area (Å²) in [6, 6.07) is 31.6. The van der Waals surface area contributed by atoms with E-state index in [1.165, 1.54) is 43.5 Å². The van der Waals surface area contributed by atoms with Gasteiger partial charge in [-0.2, -0.15) is 0 Å². The summed E-state index contributed by atoms with van der Waals surface area (Å²) < 4.78 is 3.48. The molecule has 3 aromatic heterocycles. The van der Waals surface area contributed by atoms with E-state index in [1.54, 1.807) is 6.33 Å². The highest BCUT2D eigenvalue weighted by Crippen LogP contribution is 2.44. The van der Waals surface area contributed by atoms with Crippen molar-refractivity contribution < 1.29 is 5.11 Å². The van der Waals surface area contributed by atoms with Crippen molar-refractivity contribution in [3.05, 3.63) is 130 Å². The number of benzene rings is 5. The first-order valence-corrected chi connectivity index (χ1v) is 23.1. The number of phenols is 1.